The summed E-state index contributed by atoms with van der Waals surface area (Å²) in [6.45, 7) is 2.99. The molecule has 1 unspecified atom stereocenters. The number of rotatable bonds is 8. The van der Waals surface area contributed by atoms with Crippen LogP contribution in [0.15, 0.2) is 11.6 Å². The number of ether oxygens (including phenoxy) is 1. The molecule has 0 aliphatic carbocycles. The van der Waals surface area contributed by atoms with Crippen LogP contribution in [0.3, 0.4) is 0 Å². The minimum absolute atomic E-state index is 0.118. The summed E-state index contributed by atoms with van der Waals surface area (Å²) < 4.78 is 22.8. The molecule has 1 rings (SSSR count). The molecule has 0 aromatic carbocycles. The summed E-state index contributed by atoms with van der Waals surface area (Å²) in [7, 11) is -4.45. The van der Waals surface area contributed by atoms with E-state index in [0.29, 0.717) is 0 Å². The van der Waals surface area contributed by atoms with Crippen LogP contribution < -0.4 is 16.4 Å². The third-order valence-electron chi connectivity index (χ3n) is 4.03. The third kappa shape index (κ3) is 5.41. The van der Waals surface area contributed by atoms with Gasteiger partial charge in [0.05, 0.1) is 25.3 Å². The Morgan fingerprint density at radius 1 is 1.52 bits per heavy atom. The second-order valence-corrected chi connectivity index (χ2v) is 7.93. The topological polar surface area (TPSA) is 207 Å². The molecule has 9 N–H and O–H groups in total. The minimum atomic E-state index is -4.45. The van der Waals surface area contributed by atoms with E-state index in [-0.39, 0.29) is 6.61 Å². The lowest BCUT2D eigenvalue weighted by atomic mass is 9.81. The largest absolute Gasteiger partial charge is 0.475 e. The van der Waals surface area contributed by atoms with Gasteiger partial charge in [-0.3, -0.25) is 14.8 Å². The predicted octanol–water partition coefficient (Wildman–Crippen LogP) is -2.09. The van der Waals surface area contributed by atoms with Crippen molar-refractivity contribution in [2.45, 2.75) is 50.7 Å². The van der Waals surface area contributed by atoms with Crippen molar-refractivity contribution in [2.24, 2.45) is 5.73 Å². The van der Waals surface area contributed by atoms with E-state index >= 15 is 0 Å². The Bertz CT molecular complexity index is 645. The summed E-state index contributed by atoms with van der Waals surface area (Å²) in [4.78, 5) is 21.8. The van der Waals surface area contributed by atoms with Gasteiger partial charge in [0, 0.05) is 6.92 Å². The molecular formula is C14H27N4O8P. The number of amides is 1. The van der Waals surface area contributed by atoms with E-state index in [1.807, 2.05) is 0 Å². The van der Waals surface area contributed by atoms with E-state index in [9.17, 15) is 29.6 Å². The lowest BCUT2D eigenvalue weighted by Crippen LogP contribution is -2.70. The van der Waals surface area contributed by atoms with Gasteiger partial charge in [0.2, 0.25) is 11.4 Å². The van der Waals surface area contributed by atoms with Gasteiger partial charge in [0.15, 0.2) is 11.6 Å². The first-order valence-corrected chi connectivity index (χ1v) is 9.70. The molecule has 0 saturated heterocycles. The van der Waals surface area contributed by atoms with Gasteiger partial charge in [-0.1, -0.05) is 0 Å². The molecule has 1 heterocycles. The van der Waals surface area contributed by atoms with Gasteiger partial charge in [-0.15, -0.1) is 0 Å². The number of nitrogens with one attached hydrogen (secondary N) is 3. The van der Waals surface area contributed by atoms with Crippen LogP contribution in [0.2, 0.25) is 0 Å². The summed E-state index contributed by atoms with van der Waals surface area (Å²) >= 11 is 0. The fourth-order valence-corrected chi connectivity index (χ4v) is 3.94. The summed E-state index contributed by atoms with van der Waals surface area (Å²) in [5.41, 5.74) is 2.91. The molecule has 0 fully saturated rings. The number of carbonyl (C=O) groups excluding carboxylic acids is 1. The van der Waals surface area contributed by atoms with Crippen molar-refractivity contribution in [3.8, 4) is 0 Å². The minimum Gasteiger partial charge on any atom is -0.475 e. The van der Waals surface area contributed by atoms with Crippen molar-refractivity contribution in [1.82, 2.24) is 10.6 Å². The molecule has 13 heteroatoms. The van der Waals surface area contributed by atoms with Crippen molar-refractivity contribution >= 4 is 19.5 Å². The van der Waals surface area contributed by atoms with Crippen LogP contribution in [0.5, 0.6) is 0 Å². The molecule has 0 aromatic heterocycles. The molecule has 0 aromatic rings. The molecular weight excluding hydrogens is 383 g/mol. The molecule has 156 valence electrons. The highest BCUT2D eigenvalue weighted by Gasteiger charge is 2.54. The third-order valence-corrected chi connectivity index (χ3v) is 5.43. The van der Waals surface area contributed by atoms with Crippen LogP contribution >= 0.6 is 7.60 Å². The maximum absolute atomic E-state index is 12.4. The van der Waals surface area contributed by atoms with Gasteiger partial charge >= 0.3 is 7.60 Å². The zero-order valence-electron chi connectivity index (χ0n) is 15.2. The monoisotopic (exact) mass is 410 g/mol. The number of hydrogen-bond donors (Lipinski definition) is 8. The number of guanidine groups is 1. The second kappa shape index (κ2) is 9.00. The van der Waals surface area contributed by atoms with Gasteiger partial charge < -0.3 is 45.8 Å². The summed E-state index contributed by atoms with van der Waals surface area (Å²) in [6.07, 6.45) is -2.37. The summed E-state index contributed by atoms with van der Waals surface area (Å²) in [5, 5.41) is 42.0. The fourth-order valence-electron chi connectivity index (χ4n) is 2.80. The molecule has 0 saturated carbocycles. The predicted molar refractivity (Wildman–Crippen MR) is 94.6 cm³/mol. The number of aliphatic hydroxyl groups is 3. The van der Waals surface area contributed by atoms with E-state index in [1.165, 1.54) is 20.8 Å². The lowest BCUT2D eigenvalue weighted by Gasteiger charge is -2.48. The first kappa shape index (κ1) is 23.3. The number of hydrogen-bond acceptors (Lipinski definition) is 8. The van der Waals surface area contributed by atoms with Crippen molar-refractivity contribution in [2.75, 3.05) is 13.2 Å². The van der Waals surface area contributed by atoms with Gasteiger partial charge in [-0.2, -0.15) is 0 Å². The highest BCUT2D eigenvalue weighted by Crippen LogP contribution is 2.55. The van der Waals surface area contributed by atoms with Crippen molar-refractivity contribution in [1.29, 1.82) is 5.41 Å². The molecule has 1 amide bonds. The number of nitrogens with two attached hydrogens (primary N) is 1. The molecule has 0 radical (unpaired) electrons. The quantitative estimate of drug-likeness (QED) is 0.124. The van der Waals surface area contributed by atoms with Gasteiger partial charge in [0.1, 0.15) is 12.2 Å². The Labute approximate surface area is 156 Å². The van der Waals surface area contributed by atoms with Gasteiger partial charge in [-0.25, -0.2) is 0 Å². The fraction of sp³-hybridized carbons (Fsp3) is 0.714. The Morgan fingerprint density at radius 3 is 2.56 bits per heavy atom. The molecule has 6 atom stereocenters. The zero-order valence-corrected chi connectivity index (χ0v) is 16.1. The van der Waals surface area contributed by atoms with Crippen LogP contribution in [-0.4, -0.2) is 75.2 Å². The van der Waals surface area contributed by atoms with E-state index in [2.05, 4.69) is 10.6 Å². The Hall–Kier alpha value is -1.69. The van der Waals surface area contributed by atoms with Gasteiger partial charge in [-0.05, 0) is 19.9 Å². The van der Waals surface area contributed by atoms with E-state index in [4.69, 9.17) is 20.4 Å². The average Bonchev–Trinajstić information content (AvgIpc) is 2.55. The van der Waals surface area contributed by atoms with Crippen LogP contribution in [0.25, 0.3) is 0 Å². The van der Waals surface area contributed by atoms with Crippen molar-refractivity contribution in [3.05, 3.63) is 11.6 Å². The lowest BCUT2D eigenvalue weighted by molar-refractivity contribution is -0.160. The maximum atomic E-state index is 12.4. The number of aliphatic hydroxyl groups excluding tert-OH is 3. The first-order chi connectivity index (χ1) is 12.4. The number of carbonyl (C=O) groups is 1. The molecule has 27 heavy (non-hydrogen) atoms. The van der Waals surface area contributed by atoms with Crippen molar-refractivity contribution < 1.29 is 38.8 Å². The van der Waals surface area contributed by atoms with Crippen LogP contribution in [-0.2, 0) is 18.6 Å². The smallest absolute Gasteiger partial charge is 0.392 e. The summed E-state index contributed by atoms with van der Waals surface area (Å²) in [5.74, 6) is -1.05. The van der Waals surface area contributed by atoms with Crippen LogP contribution in [0, 0.1) is 5.41 Å². The van der Waals surface area contributed by atoms with E-state index in [1.54, 1.807) is 0 Å². The Morgan fingerprint density at radius 2 is 2.11 bits per heavy atom. The molecule has 12 nitrogen and oxygen atoms in total. The van der Waals surface area contributed by atoms with Gasteiger partial charge in [0.25, 0.3) is 0 Å². The zero-order chi connectivity index (χ0) is 21.0. The van der Waals surface area contributed by atoms with Crippen LogP contribution in [0.1, 0.15) is 20.8 Å². The highest BCUT2D eigenvalue weighted by molar-refractivity contribution is 7.57. The van der Waals surface area contributed by atoms with Crippen LogP contribution in [0.4, 0.5) is 0 Å². The van der Waals surface area contributed by atoms with E-state index in [0.717, 1.165) is 6.08 Å². The van der Waals surface area contributed by atoms with E-state index < -0.39 is 61.5 Å². The average molecular weight is 410 g/mol. The van der Waals surface area contributed by atoms with Crippen molar-refractivity contribution in [3.63, 3.8) is 0 Å². The molecule has 1 aliphatic rings. The molecule has 1 aliphatic heterocycles. The SMILES string of the molecule is CCOP(=O)(O)C1=C[C@H](NC(=N)N)[C@@H](NC(C)=O)[C@](C)([C@H](O)[C@H](O)CO)O1. The Balaban J connectivity index is 3.52. The molecule has 0 spiro atoms. The second-order valence-electron chi connectivity index (χ2n) is 6.19. The normalized spacial score (nSPS) is 29.5. The highest BCUT2D eigenvalue weighted by atomic mass is 31.2. The molecule has 0 bridgehead atoms. The standard InChI is InChI=1S/C14H27N4O8P/c1-4-25-27(23,24)10-5-8(18-13(15)16)11(17-7(2)20)14(3,26-10)12(22)9(21)6-19/h5,8-9,11-12,19,21-22H,4,6H2,1-3H3,(H,17,20)(H,23,24)(H4,15,16,18)/t8-,9+,11+,12+,14+/m0/s1. The Kier molecular flexibility index (Phi) is 7.78. The first-order valence-electron chi connectivity index (χ1n) is 8.12. The maximum Gasteiger partial charge on any atom is 0.392 e. The summed E-state index contributed by atoms with van der Waals surface area (Å²) in [6, 6.07) is -2.21.